The second-order valence-electron chi connectivity index (χ2n) is 4.38. The third kappa shape index (κ3) is 3.08. The molecule has 0 bridgehead atoms. The molecule has 1 aromatic rings. The van der Waals surface area contributed by atoms with Crippen LogP contribution < -0.4 is 10.1 Å². The SMILES string of the molecule is COc1ccccc1NC(=O)C(F)(F)C(F)(F)C(F)(F)C(F)(F)F. The fourth-order valence-corrected chi connectivity index (χ4v) is 1.47. The van der Waals surface area contributed by atoms with Crippen molar-refractivity contribution in [2.24, 2.45) is 0 Å². The van der Waals surface area contributed by atoms with Crippen LogP contribution in [0.5, 0.6) is 5.75 Å². The lowest BCUT2D eigenvalue weighted by Crippen LogP contribution is -2.64. The first-order valence-electron chi connectivity index (χ1n) is 5.84. The van der Waals surface area contributed by atoms with Crippen LogP contribution in [0.2, 0.25) is 0 Å². The van der Waals surface area contributed by atoms with E-state index in [0.717, 1.165) is 30.6 Å². The standard InChI is InChI=1S/C12H8F9NO2/c1-24-7-5-3-2-4-6(7)22-8(23)9(13,14)10(15,16)11(17,18)12(19,20)21/h2-5H,1H3,(H,22,23). The van der Waals surface area contributed by atoms with E-state index in [1.54, 1.807) is 0 Å². The smallest absolute Gasteiger partial charge is 0.460 e. The lowest BCUT2D eigenvalue weighted by Gasteiger charge is -2.32. The molecule has 0 atom stereocenters. The van der Waals surface area contributed by atoms with E-state index in [9.17, 15) is 44.3 Å². The van der Waals surface area contributed by atoms with Gasteiger partial charge in [0.1, 0.15) is 5.75 Å². The van der Waals surface area contributed by atoms with E-state index in [2.05, 4.69) is 4.74 Å². The van der Waals surface area contributed by atoms with Gasteiger partial charge in [0, 0.05) is 0 Å². The van der Waals surface area contributed by atoms with Crippen molar-refractivity contribution in [3.05, 3.63) is 24.3 Å². The number of amides is 1. The van der Waals surface area contributed by atoms with Gasteiger partial charge in [-0.05, 0) is 12.1 Å². The lowest BCUT2D eigenvalue weighted by atomic mass is 10.0. The third-order valence-electron chi connectivity index (χ3n) is 2.79. The Balaban J connectivity index is 3.21. The van der Waals surface area contributed by atoms with Gasteiger partial charge in [0.05, 0.1) is 12.8 Å². The van der Waals surface area contributed by atoms with Crippen LogP contribution in [0.25, 0.3) is 0 Å². The maximum absolute atomic E-state index is 13.4. The normalized spacial score (nSPS) is 13.6. The maximum atomic E-state index is 13.4. The Labute approximate surface area is 128 Å². The van der Waals surface area contributed by atoms with Gasteiger partial charge in [0.2, 0.25) is 0 Å². The Bertz CT molecular complexity index is 613. The van der Waals surface area contributed by atoms with Crippen LogP contribution >= 0.6 is 0 Å². The fraction of sp³-hybridized carbons (Fsp3) is 0.417. The highest BCUT2D eigenvalue weighted by atomic mass is 19.4. The zero-order valence-corrected chi connectivity index (χ0v) is 11.5. The van der Waals surface area contributed by atoms with Crippen LogP contribution in [0.3, 0.4) is 0 Å². The molecular formula is C12H8F9NO2. The quantitative estimate of drug-likeness (QED) is 0.794. The Hall–Kier alpha value is -2.14. The van der Waals surface area contributed by atoms with Gasteiger partial charge in [-0.25, -0.2) is 0 Å². The Morgan fingerprint density at radius 2 is 1.42 bits per heavy atom. The van der Waals surface area contributed by atoms with Gasteiger partial charge in [-0.2, -0.15) is 39.5 Å². The highest BCUT2D eigenvalue weighted by Gasteiger charge is 2.83. The number of hydrogen-bond acceptors (Lipinski definition) is 2. The predicted molar refractivity (Wildman–Crippen MR) is 62.5 cm³/mol. The van der Waals surface area contributed by atoms with Gasteiger partial charge in [-0.3, -0.25) is 4.79 Å². The second kappa shape index (κ2) is 6.06. The molecule has 0 unspecified atom stereocenters. The van der Waals surface area contributed by atoms with Gasteiger partial charge in [-0.1, -0.05) is 12.1 Å². The number of ether oxygens (including phenoxy) is 1. The molecule has 136 valence electrons. The highest BCUT2D eigenvalue weighted by molar-refractivity contribution is 5.98. The number of carbonyl (C=O) groups excluding carboxylic acids is 1. The Morgan fingerprint density at radius 3 is 1.88 bits per heavy atom. The number of alkyl halides is 9. The summed E-state index contributed by atoms with van der Waals surface area (Å²) in [5.41, 5.74) is -0.629. The number of benzene rings is 1. The molecule has 12 heteroatoms. The number of anilines is 1. The molecule has 0 fully saturated rings. The molecule has 0 aliphatic carbocycles. The van der Waals surface area contributed by atoms with Crippen molar-refractivity contribution in [1.29, 1.82) is 0 Å². The molecular weight excluding hydrogens is 361 g/mol. The summed E-state index contributed by atoms with van der Waals surface area (Å²) in [4.78, 5) is 11.2. The number of rotatable bonds is 5. The monoisotopic (exact) mass is 369 g/mol. The molecule has 0 saturated heterocycles. The molecule has 1 N–H and O–H groups in total. The Morgan fingerprint density at radius 1 is 0.917 bits per heavy atom. The molecule has 1 aromatic carbocycles. The highest BCUT2D eigenvalue weighted by Crippen LogP contribution is 2.53. The van der Waals surface area contributed by atoms with Crippen molar-refractivity contribution in [2.45, 2.75) is 23.9 Å². The molecule has 0 aliphatic heterocycles. The maximum Gasteiger partial charge on any atom is 0.460 e. The van der Waals surface area contributed by atoms with E-state index in [-0.39, 0.29) is 5.75 Å². The number of halogens is 9. The average molecular weight is 369 g/mol. The fourth-order valence-electron chi connectivity index (χ4n) is 1.47. The molecule has 3 nitrogen and oxygen atoms in total. The van der Waals surface area contributed by atoms with E-state index in [1.807, 2.05) is 0 Å². The van der Waals surface area contributed by atoms with Crippen LogP contribution in [0.4, 0.5) is 45.2 Å². The summed E-state index contributed by atoms with van der Waals surface area (Å²) in [7, 11) is 1.01. The molecule has 0 saturated carbocycles. The lowest BCUT2D eigenvalue weighted by molar-refractivity contribution is -0.388. The second-order valence-corrected chi connectivity index (χ2v) is 4.38. The Kier molecular flexibility index (Phi) is 5.02. The van der Waals surface area contributed by atoms with Crippen molar-refractivity contribution in [3.8, 4) is 5.75 Å². The van der Waals surface area contributed by atoms with Crippen molar-refractivity contribution < 1.29 is 49.0 Å². The van der Waals surface area contributed by atoms with Crippen LogP contribution in [0.1, 0.15) is 0 Å². The minimum atomic E-state index is -7.14. The van der Waals surface area contributed by atoms with Gasteiger partial charge in [0.25, 0.3) is 0 Å². The average Bonchev–Trinajstić information content (AvgIpc) is 2.46. The number of carbonyl (C=O) groups is 1. The van der Waals surface area contributed by atoms with E-state index in [0.29, 0.717) is 0 Å². The molecule has 0 spiro atoms. The number of hydrogen-bond donors (Lipinski definition) is 1. The predicted octanol–water partition coefficient (Wildman–Crippen LogP) is 4.10. The first-order chi connectivity index (χ1) is 10.7. The van der Waals surface area contributed by atoms with Crippen molar-refractivity contribution >= 4 is 11.6 Å². The van der Waals surface area contributed by atoms with Gasteiger partial charge in [-0.15, -0.1) is 0 Å². The largest absolute Gasteiger partial charge is 0.495 e. The van der Waals surface area contributed by atoms with Crippen molar-refractivity contribution in [1.82, 2.24) is 0 Å². The van der Waals surface area contributed by atoms with Crippen LogP contribution in [-0.2, 0) is 4.79 Å². The molecule has 24 heavy (non-hydrogen) atoms. The minimum Gasteiger partial charge on any atom is -0.495 e. The van der Waals surface area contributed by atoms with Gasteiger partial charge < -0.3 is 10.1 Å². The molecule has 0 radical (unpaired) electrons. The summed E-state index contributed by atoms with van der Waals surface area (Å²) >= 11 is 0. The molecule has 1 rings (SSSR count). The third-order valence-corrected chi connectivity index (χ3v) is 2.79. The number of nitrogens with one attached hydrogen (secondary N) is 1. The van der Waals surface area contributed by atoms with E-state index >= 15 is 0 Å². The topological polar surface area (TPSA) is 38.3 Å². The van der Waals surface area contributed by atoms with Crippen molar-refractivity contribution in [3.63, 3.8) is 0 Å². The number of para-hydroxylation sites is 2. The van der Waals surface area contributed by atoms with Gasteiger partial charge >= 0.3 is 29.9 Å². The molecule has 0 aliphatic rings. The number of methoxy groups -OCH3 is 1. The zero-order valence-electron chi connectivity index (χ0n) is 11.5. The zero-order chi connectivity index (χ0) is 19.0. The van der Waals surface area contributed by atoms with E-state index in [4.69, 9.17) is 0 Å². The summed E-state index contributed by atoms with van der Waals surface area (Å²) in [6, 6.07) is 4.40. The summed E-state index contributed by atoms with van der Waals surface area (Å²) in [5.74, 6) is -23.9. The van der Waals surface area contributed by atoms with Crippen molar-refractivity contribution in [2.75, 3.05) is 12.4 Å². The van der Waals surface area contributed by atoms with Gasteiger partial charge in [0.15, 0.2) is 0 Å². The summed E-state index contributed by atoms with van der Waals surface area (Å²) in [6.07, 6.45) is -7.00. The van der Waals surface area contributed by atoms with Crippen LogP contribution in [0, 0.1) is 0 Å². The van der Waals surface area contributed by atoms with Crippen LogP contribution in [-0.4, -0.2) is 37.0 Å². The van der Waals surface area contributed by atoms with E-state index in [1.165, 1.54) is 6.07 Å². The summed E-state index contributed by atoms with van der Waals surface area (Å²) < 4.78 is 119. The molecule has 0 aromatic heterocycles. The van der Waals surface area contributed by atoms with Crippen LogP contribution in [0.15, 0.2) is 24.3 Å². The molecule has 1 amide bonds. The molecule has 0 heterocycles. The first kappa shape index (κ1) is 19.9. The van der Waals surface area contributed by atoms with E-state index < -0.39 is 35.5 Å². The summed E-state index contributed by atoms with van der Waals surface area (Å²) in [6.45, 7) is 0. The summed E-state index contributed by atoms with van der Waals surface area (Å²) in [5, 5.41) is 1.14. The first-order valence-corrected chi connectivity index (χ1v) is 5.84. The minimum absolute atomic E-state index is 0.312.